The van der Waals surface area contributed by atoms with Crippen LogP contribution in [-0.4, -0.2) is 33.2 Å². The third kappa shape index (κ3) is 2.68. The largest absolute Gasteiger partial charge is 0.476 e. The van der Waals surface area contributed by atoms with Gasteiger partial charge in [0, 0.05) is 5.92 Å². The number of aliphatic hydroxyl groups excluding tert-OH is 1. The minimum atomic E-state index is -0.687. The van der Waals surface area contributed by atoms with Crippen LogP contribution in [-0.2, 0) is 0 Å². The van der Waals surface area contributed by atoms with Crippen LogP contribution in [0, 0.1) is 10.1 Å². The molecule has 1 aromatic heterocycles. The van der Waals surface area contributed by atoms with E-state index < -0.39 is 16.9 Å². The average Bonchev–Trinajstić information content (AvgIpc) is 2.35. The van der Waals surface area contributed by atoms with Gasteiger partial charge in [0.15, 0.2) is 0 Å². The van der Waals surface area contributed by atoms with E-state index in [1.54, 1.807) is 13.8 Å². The summed E-state index contributed by atoms with van der Waals surface area (Å²) in [6.45, 7) is 3.48. The maximum atomic E-state index is 11.0. The Labute approximate surface area is 98.6 Å². The zero-order chi connectivity index (χ0) is 13.0. The van der Waals surface area contributed by atoms with Gasteiger partial charge in [0.25, 0.3) is 5.88 Å². The van der Waals surface area contributed by atoms with Gasteiger partial charge in [-0.1, -0.05) is 13.8 Å². The van der Waals surface area contributed by atoms with Crippen LogP contribution in [0.15, 0.2) is 6.33 Å². The molecular weight excluding hydrogens is 226 g/mol. The van der Waals surface area contributed by atoms with Gasteiger partial charge in [-0.25, -0.2) is 4.98 Å². The summed E-state index contributed by atoms with van der Waals surface area (Å²) in [5, 5.41) is 20.7. The van der Waals surface area contributed by atoms with Crippen molar-refractivity contribution in [1.29, 1.82) is 0 Å². The molecule has 0 saturated carbocycles. The van der Waals surface area contributed by atoms with Gasteiger partial charge in [-0.15, -0.1) is 0 Å². The Morgan fingerprint density at radius 1 is 1.59 bits per heavy atom. The summed E-state index contributed by atoms with van der Waals surface area (Å²) in [7, 11) is 1.31. The second-order valence-corrected chi connectivity index (χ2v) is 3.64. The van der Waals surface area contributed by atoms with Gasteiger partial charge in [0.05, 0.1) is 18.1 Å². The van der Waals surface area contributed by atoms with E-state index in [1.165, 1.54) is 13.4 Å². The summed E-state index contributed by atoms with van der Waals surface area (Å²) in [6.07, 6.45) is 0.998. The molecule has 0 aliphatic carbocycles. The van der Waals surface area contributed by atoms with E-state index in [1.807, 2.05) is 0 Å². The molecule has 2 atom stereocenters. The van der Waals surface area contributed by atoms with Crippen LogP contribution in [0.5, 0.6) is 5.88 Å². The second kappa shape index (κ2) is 5.53. The van der Waals surface area contributed by atoms with Gasteiger partial charge in [-0.3, -0.25) is 10.1 Å². The van der Waals surface area contributed by atoms with E-state index in [0.29, 0.717) is 6.42 Å². The fraction of sp³-hybridized carbons (Fsp3) is 0.600. The maximum absolute atomic E-state index is 11.0. The first-order valence-corrected chi connectivity index (χ1v) is 5.24. The summed E-state index contributed by atoms with van der Waals surface area (Å²) >= 11 is 0. The molecule has 1 heterocycles. The Kier molecular flexibility index (Phi) is 4.33. The molecule has 0 aliphatic heterocycles. The third-order valence-electron chi connectivity index (χ3n) is 2.62. The van der Waals surface area contributed by atoms with Crippen LogP contribution < -0.4 is 4.74 Å². The summed E-state index contributed by atoms with van der Waals surface area (Å²) in [4.78, 5) is 18.0. The number of nitrogens with zero attached hydrogens (tertiary/aromatic N) is 3. The van der Waals surface area contributed by atoms with Gasteiger partial charge >= 0.3 is 5.69 Å². The first-order valence-electron chi connectivity index (χ1n) is 5.24. The van der Waals surface area contributed by atoms with Crippen LogP contribution in [0.4, 0.5) is 5.69 Å². The topological polar surface area (TPSA) is 98.4 Å². The Morgan fingerprint density at radius 3 is 2.71 bits per heavy atom. The molecule has 0 bridgehead atoms. The number of rotatable bonds is 5. The highest BCUT2D eigenvalue weighted by atomic mass is 16.6. The minimum absolute atomic E-state index is 0.0878. The van der Waals surface area contributed by atoms with Crippen molar-refractivity contribution in [2.75, 3.05) is 7.11 Å². The van der Waals surface area contributed by atoms with Crippen LogP contribution in [0.1, 0.15) is 31.9 Å². The summed E-state index contributed by atoms with van der Waals surface area (Å²) in [5.74, 6) is -0.535. The Balaban J connectivity index is 3.27. The molecular formula is C10H15N3O4. The van der Waals surface area contributed by atoms with Gasteiger partial charge < -0.3 is 9.84 Å². The molecule has 0 amide bonds. The molecule has 1 aromatic rings. The van der Waals surface area contributed by atoms with Crippen molar-refractivity contribution in [1.82, 2.24) is 9.97 Å². The summed E-state index contributed by atoms with van der Waals surface area (Å²) in [5.41, 5.74) is -0.0915. The van der Waals surface area contributed by atoms with Crippen molar-refractivity contribution in [2.24, 2.45) is 0 Å². The van der Waals surface area contributed by atoms with Gasteiger partial charge in [0.2, 0.25) is 0 Å². The Bertz CT molecular complexity index is 411. The molecule has 0 aliphatic rings. The number of methoxy groups -OCH3 is 1. The number of aliphatic hydroxyl groups is 1. The lowest BCUT2D eigenvalue weighted by Gasteiger charge is -2.16. The van der Waals surface area contributed by atoms with E-state index in [9.17, 15) is 15.2 Å². The van der Waals surface area contributed by atoms with Crippen molar-refractivity contribution in [3.05, 3.63) is 22.1 Å². The Hall–Kier alpha value is -1.76. The zero-order valence-corrected chi connectivity index (χ0v) is 9.95. The lowest BCUT2D eigenvalue weighted by Crippen LogP contribution is -2.17. The molecule has 7 heteroatoms. The molecule has 0 radical (unpaired) electrons. The van der Waals surface area contributed by atoms with Crippen molar-refractivity contribution in [2.45, 2.75) is 32.3 Å². The van der Waals surface area contributed by atoms with Crippen molar-refractivity contribution in [3.8, 4) is 5.88 Å². The first-order chi connectivity index (χ1) is 8.02. The normalized spacial score (nSPS) is 14.1. The molecule has 0 fully saturated rings. The van der Waals surface area contributed by atoms with Crippen LogP contribution in [0.2, 0.25) is 0 Å². The standard InChI is InChI=1S/C10H15N3O4/c1-4-7(14)6(2)8-9(13(15)16)10(17-3)12-5-11-8/h5-7,14H,4H2,1-3H3. The monoisotopic (exact) mass is 241 g/mol. The first kappa shape index (κ1) is 13.3. The van der Waals surface area contributed by atoms with Crippen molar-refractivity contribution < 1.29 is 14.8 Å². The predicted molar refractivity (Wildman–Crippen MR) is 60.0 cm³/mol. The minimum Gasteiger partial charge on any atom is -0.476 e. The SMILES string of the molecule is CCC(O)C(C)c1ncnc(OC)c1[N+](=O)[O-]. The second-order valence-electron chi connectivity index (χ2n) is 3.64. The van der Waals surface area contributed by atoms with E-state index in [2.05, 4.69) is 9.97 Å². The fourth-order valence-electron chi connectivity index (χ4n) is 1.57. The zero-order valence-electron chi connectivity index (χ0n) is 9.95. The number of ether oxygens (including phenoxy) is 1. The average molecular weight is 241 g/mol. The molecule has 0 saturated heterocycles. The van der Waals surface area contributed by atoms with Crippen molar-refractivity contribution >= 4 is 5.69 Å². The number of nitro groups is 1. The number of hydrogen-bond acceptors (Lipinski definition) is 6. The highest BCUT2D eigenvalue weighted by molar-refractivity contribution is 5.46. The summed E-state index contributed by atoms with van der Waals surface area (Å²) in [6, 6.07) is 0. The smallest absolute Gasteiger partial charge is 0.352 e. The Morgan fingerprint density at radius 2 is 2.24 bits per heavy atom. The highest BCUT2D eigenvalue weighted by Crippen LogP contribution is 2.33. The number of aromatic nitrogens is 2. The van der Waals surface area contributed by atoms with E-state index in [0.717, 1.165) is 0 Å². The lowest BCUT2D eigenvalue weighted by molar-refractivity contribution is -0.387. The molecule has 94 valence electrons. The lowest BCUT2D eigenvalue weighted by atomic mass is 9.97. The fourth-order valence-corrected chi connectivity index (χ4v) is 1.57. The molecule has 0 aromatic carbocycles. The molecule has 17 heavy (non-hydrogen) atoms. The molecule has 7 nitrogen and oxygen atoms in total. The predicted octanol–water partition coefficient (Wildman–Crippen LogP) is 1.27. The van der Waals surface area contributed by atoms with E-state index in [4.69, 9.17) is 4.74 Å². The van der Waals surface area contributed by atoms with Gasteiger partial charge in [-0.2, -0.15) is 4.98 Å². The third-order valence-corrected chi connectivity index (χ3v) is 2.62. The molecule has 1 rings (SSSR count). The molecule has 0 spiro atoms. The van der Waals surface area contributed by atoms with Crippen LogP contribution >= 0.6 is 0 Å². The van der Waals surface area contributed by atoms with Crippen LogP contribution in [0.25, 0.3) is 0 Å². The highest BCUT2D eigenvalue weighted by Gasteiger charge is 2.30. The van der Waals surface area contributed by atoms with Gasteiger partial charge in [0.1, 0.15) is 12.0 Å². The van der Waals surface area contributed by atoms with Gasteiger partial charge in [-0.05, 0) is 6.42 Å². The van der Waals surface area contributed by atoms with Crippen LogP contribution in [0.3, 0.4) is 0 Å². The molecule has 2 unspecified atom stereocenters. The number of hydrogen-bond donors (Lipinski definition) is 1. The molecule has 1 N–H and O–H groups in total. The van der Waals surface area contributed by atoms with E-state index in [-0.39, 0.29) is 17.3 Å². The van der Waals surface area contributed by atoms with Crippen molar-refractivity contribution in [3.63, 3.8) is 0 Å². The van der Waals surface area contributed by atoms with E-state index >= 15 is 0 Å². The summed E-state index contributed by atoms with van der Waals surface area (Å²) < 4.78 is 4.84. The quantitative estimate of drug-likeness (QED) is 0.615. The maximum Gasteiger partial charge on any atom is 0.352 e.